The van der Waals surface area contributed by atoms with Crippen LogP contribution in [0, 0.1) is 0 Å². The Morgan fingerprint density at radius 1 is 0.865 bits per heavy atom. The van der Waals surface area contributed by atoms with E-state index in [2.05, 4.69) is 21.0 Å². The third-order valence-corrected chi connectivity index (χ3v) is 6.43. The Balaban J connectivity index is 1.53. The van der Waals surface area contributed by atoms with E-state index in [0.29, 0.717) is 5.69 Å². The molecule has 4 aromatic rings. The zero-order valence-corrected chi connectivity index (χ0v) is 20.7. The van der Waals surface area contributed by atoms with Crippen molar-refractivity contribution < 1.29 is 19.1 Å². The highest BCUT2D eigenvalue weighted by Crippen LogP contribution is 2.20. The third-order valence-electron chi connectivity index (χ3n) is 5.80. The lowest BCUT2D eigenvalue weighted by molar-refractivity contribution is -0.130. The molecule has 190 valence electrons. The van der Waals surface area contributed by atoms with Crippen molar-refractivity contribution in [2.24, 2.45) is 5.84 Å². The minimum Gasteiger partial charge on any atom is -0.445 e. The average Bonchev–Trinajstić information content (AvgIpc) is 3.44. The van der Waals surface area contributed by atoms with Gasteiger partial charge in [0.05, 0.1) is 11.2 Å². The molecular weight excluding hydrogens is 490 g/mol. The minimum absolute atomic E-state index is 0.0529. The van der Waals surface area contributed by atoms with Crippen LogP contribution in [0.25, 0.3) is 10.8 Å². The lowest BCUT2D eigenvalue weighted by atomic mass is 9.98. The third kappa shape index (κ3) is 7.12. The van der Waals surface area contributed by atoms with Crippen LogP contribution in [0.2, 0.25) is 0 Å². The number of hydrazine groups is 1. The van der Waals surface area contributed by atoms with E-state index in [1.54, 1.807) is 10.9 Å². The summed E-state index contributed by atoms with van der Waals surface area (Å²) in [5.74, 6) is 4.24. The molecule has 0 bridgehead atoms. The number of nitrogens with zero attached hydrogens (tertiary/aromatic N) is 1. The molecule has 4 rings (SSSR count). The Labute approximate surface area is 218 Å². The molecule has 1 unspecified atom stereocenters. The maximum atomic E-state index is 13.4. The van der Waals surface area contributed by atoms with Crippen LogP contribution in [0.3, 0.4) is 0 Å². The van der Waals surface area contributed by atoms with Crippen molar-refractivity contribution in [3.8, 4) is 0 Å². The summed E-state index contributed by atoms with van der Waals surface area (Å²) in [7, 11) is 0. The van der Waals surface area contributed by atoms with Gasteiger partial charge in [-0.3, -0.25) is 15.0 Å². The van der Waals surface area contributed by atoms with Crippen molar-refractivity contribution in [1.82, 2.24) is 21.0 Å². The smallest absolute Gasteiger partial charge is 0.408 e. The second kappa shape index (κ2) is 12.6. The molecule has 5 N–H and O–H groups in total. The van der Waals surface area contributed by atoms with Gasteiger partial charge >= 0.3 is 6.09 Å². The number of hydrogen-bond acceptors (Lipinski definition) is 7. The number of aromatic nitrogens is 1. The Kier molecular flexibility index (Phi) is 8.79. The Morgan fingerprint density at radius 3 is 2.35 bits per heavy atom. The molecular formula is C27H27N5O4S. The first-order valence-electron chi connectivity index (χ1n) is 11.6. The maximum Gasteiger partial charge on any atom is 0.408 e. The fourth-order valence-corrected chi connectivity index (χ4v) is 4.51. The second-order valence-electron chi connectivity index (χ2n) is 8.35. The van der Waals surface area contributed by atoms with Crippen LogP contribution < -0.4 is 21.9 Å². The highest BCUT2D eigenvalue weighted by Gasteiger charge is 2.28. The molecule has 0 spiro atoms. The van der Waals surface area contributed by atoms with E-state index >= 15 is 0 Å². The first-order valence-corrected chi connectivity index (χ1v) is 12.6. The molecule has 37 heavy (non-hydrogen) atoms. The number of amides is 3. The summed E-state index contributed by atoms with van der Waals surface area (Å²) in [5, 5.41) is 9.14. The van der Waals surface area contributed by atoms with Gasteiger partial charge in [-0.1, -0.05) is 72.8 Å². The summed E-state index contributed by atoms with van der Waals surface area (Å²) in [5.41, 5.74) is 6.04. The molecule has 0 fully saturated rings. The second-order valence-corrected chi connectivity index (χ2v) is 9.07. The standard InChI is InChI=1S/C27H27N5O4S/c28-32-26(34)24(14-21-16-37-17-29-21)30-25(33)23(31-27(35)36-15-18-7-2-1-3-8-18)13-20-11-6-10-19-9-4-5-12-22(19)20/h1-12,16-17,23-24H,13-15,28H2,(H,30,33)(H,31,35)(H,32,34)/t23-,24?/m0/s1. The van der Waals surface area contributed by atoms with Crippen LogP contribution in [0.1, 0.15) is 16.8 Å². The summed E-state index contributed by atoms with van der Waals surface area (Å²) in [6.45, 7) is 0.0529. The van der Waals surface area contributed by atoms with Crippen LogP contribution in [0.5, 0.6) is 0 Å². The van der Waals surface area contributed by atoms with Crippen molar-refractivity contribution in [2.45, 2.75) is 31.5 Å². The van der Waals surface area contributed by atoms with Crippen molar-refractivity contribution in [3.63, 3.8) is 0 Å². The molecule has 10 heteroatoms. The number of carbonyl (C=O) groups is 3. The minimum atomic E-state index is -1.02. The first-order chi connectivity index (χ1) is 18.0. The summed E-state index contributed by atoms with van der Waals surface area (Å²) in [4.78, 5) is 42.7. The van der Waals surface area contributed by atoms with Crippen LogP contribution in [0.15, 0.2) is 83.7 Å². The van der Waals surface area contributed by atoms with Crippen LogP contribution in [-0.2, 0) is 33.8 Å². The van der Waals surface area contributed by atoms with Gasteiger partial charge in [-0.15, -0.1) is 11.3 Å². The SMILES string of the molecule is NNC(=O)C(Cc1cscn1)NC(=O)[C@H](Cc1cccc2ccccc12)NC(=O)OCc1ccccc1. The zero-order valence-electron chi connectivity index (χ0n) is 19.9. The molecule has 3 amide bonds. The number of carbonyl (C=O) groups excluding carboxylic acids is 3. The molecule has 0 aliphatic rings. The van der Waals surface area contributed by atoms with E-state index in [0.717, 1.165) is 21.9 Å². The predicted molar refractivity (Wildman–Crippen MR) is 141 cm³/mol. The van der Waals surface area contributed by atoms with E-state index < -0.39 is 30.0 Å². The number of rotatable bonds is 10. The van der Waals surface area contributed by atoms with Gasteiger partial charge in [0.2, 0.25) is 5.91 Å². The predicted octanol–water partition coefficient (Wildman–Crippen LogP) is 2.85. The highest BCUT2D eigenvalue weighted by atomic mass is 32.1. The molecule has 9 nitrogen and oxygen atoms in total. The van der Waals surface area contributed by atoms with E-state index in [9.17, 15) is 14.4 Å². The fourth-order valence-electron chi connectivity index (χ4n) is 3.94. The Hall–Kier alpha value is -4.28. The lowest BCUT2D eigenvalue weighted by Gasteiger charge is -2.23. The van der Waals surface area contributed by atoms with Gasteiger partial charge in [-0.25, -0.2) is 15.6 Å². The maximum absolute atomic E-state index is 13.4. The van der Waals surface area contributed by atoms with Gasteiger partial charge in [0.15, 0.2) is 0 Å². The number of benzene rings is 3. The fraction of sp³-hybridized carbons (Fsp3) is 0.185. The normalized spacial score (nSPS) is 12.4. The largest absolute Gasteiger partial charge is 0.445 e. The van der Waals surface area contributed by atoms with Crippen molar-refractivity contribution in [1.29, 1.82) is 0 Å². The number of fused-ring (bicyclic) bond motifs is 1. The summed E-state index contributed by atoms with van der Waals surface area (Å²) >= 11 is 1.38. The molecule has 0 saturated carbocycles. The molecule has 1 heterocycles. The van der Waals surface area contributed by atoms with Crippen LogP contribution in [-0.4, -0.2) is 35.0 Å². The number of ether oxygens (including phenoxy) is 1. The Morgan fingerprint density at radius 2 is 1.59 bits per heavy atom. The molecule has 2 atom stereocenters. The summed E-state index contributed by atoms with van der Waals surface area (Å²) < 4.78 is 5.35. The number of nitrogens with one attached hydrogen (secondary N) is 3. The van der Waals surface area contributed by atoms with Gasteiger partial charge in [-0.2, -0.15) is 0 Å². The monoisotopic (exact) mass is 517 g/mol. The van der Waals surface area contributed by atoms with Gasteiger partial charge in [0.1, 0.15) is 18.7 Å². The van der Waals surface area contributed by atoms with E-state index in [4.69, 9.17) is 10.6 Å². The number of nitrogens with two attached hydrogens (primary N) is 1. The number of hydrogen-bond donors (Lipinski definition) is 4. The summed E-state index contributed by atoms with van der Waals surface area (Å²) in [6, 6.07) is 20.8. The van der Waals surface area contributed by atoms with Crippen molar-refractivity contribution in [2.75, 3.05) is 0 Å². The van der Waals surface area contributed by atoms with E-state index in [-0.39, 0.29) is 19.4 Å². The average molecular weight is 518 g/mol. The van der Waals surface area contributed by atoms with E-state index in [1.165, 1.54) is 11.3 Å². The molecule has 1 aromatic heterocycles. The molecule has 3 aromatic carbocycles. The van der Waals surface area contributed by atoms with E-state index in [1.807, 2.05) is 72.8 Å². The molecule has 0 aliphatic heterocycles. The molecule has 0 saturated heterocycles. The summed E-state index contributed by atoms with van der Waals surface area (Å²) in [6.07, 6.45) is -0.414. The lowest BCUT2D eigenvalue weighted by Crippen LogP contribution is -2.56. The van der Waals surface area contributed by atoms with Gasteiger partial charge in [0, 0.05) is 18.2 Å². The topological polar surface area (TPSA) is 135 Å². The van der Waals surface area contributed by atoms with Gasteiger partial charge in [-0.05, 0) is 21.9 Å². The highest BCUT2D eigenvalue weighted by molar-refractivity contribution is 7.07. The Bertz CT molecular complexity index is 1340. The first kappa shape index (κ1) is 25.8. The van der Waals surface area contributed by atoms with Crippen LogP contribution in [0.4, 0.5) is 4.79 Å². The van der Waals surface area contributed by atoms with Gasteiger partial charge in [0.25, 0.3) is 5.91 Å². The quantitative estimate of drug-likeness (QED) is 0.145. The molecule has 0 aliphatic carbocycles. The number of thiazole rings is 1. The molecule has 0 radical (unpaired) electrons. The van der Waals surface area contributed by atoms with Crippen LogP contribution >= 0.6 is 11.3 Å². The number of alkyl carbamates (subject to hydrolysis) is 1. The van der Waals surface area contributed by atoms with Crippen molar-refractivity contribution in [3.05, 3.63) is 101 Å². The van der Waals surface area contributed by atoms with Gasteiger partial charge < -0.3 is 15.4 Å². The van der Waals surface area contributed by atoms with Crippen molar-refractivity contribution >= 4 is 40.0 Å². The zero-order chi connectivity index (χ0) is 26.0.